The van der Waals surface area contributed by atoms with Gasteiger partial charge in [-0.1, -0.05) is 18.2 Å². The molecule has 0 saturated carbocycles. The second kappa shape index (κ2) is 4.86. The molecular weight excluding hydrogens is 254 g/mol. The molecule has 1 N–H and O–H groups in total. The maximum atomic E-state index is 12.1. The lowest BCUT2D eigenvalue weighted by atomic mass is 10.0. The van der Waals surface area contributed by atoms with Gasteiger partial charge in [0, 0.05) is 24.1 Å². The number of terminal acetylenes is 1. The van der Waals surface area contributed by atoms with Crippen molar-refractivity contribution in [3.05, 3.63) is 41.1 Å². The maximum absolute atomic E-state index is 12.1. The second-order valence-electron chi connectivity index (χ2n) is 4.85. The molecule has 0 fully saturated rings. The summed E-state index contributed by atoms with van der Waals surface area (Å²) in [5, 5.41) is 3.32. The number of nitrogens with one attached hydrogen (secondary N) is 1. The van der Waals surface area contributed by atoms with E-state index in [-0.39, 0.29) is 24.2 Å². The number of benzene rings is 1. The molecular formula is C16H13NO3. The largest absolute Gasteiger partial charge is 0.423 e. The molecule has 100 valence electrons. The van der Waals surface area contributed by atoms with Crippen molar-refractivity contribution in [2.45, 2.75) is 25.3 Å². The minimum atomic E-state index is -0.340. The van der Waals surface area contributed by atoms with Crippen LogP contribution in [0.15, 0.2) is 35.5 Å². The molecule has 0 aromatic heterocycles. The van der Waals surface area contributed by atoms with Crippen LogP contribution in [0.2, 0.25) is 0 Å². The van der Waals surface area contributed by atoms with Crippen molar-refractivity contribution >= 4 is 11.8 Å². The third-order valence-corrected chi connectivity index (χ3v) is 3.63. The van der Waals surface area contributed by atoms with E-state index in [0.717, 1.165) is 11.3 Å². The van der Waals surface area contributed by atoms with Gasteiger partial charge in [0.25, 0.3) is 0 Å². The molecule has 2 aliphatic heterocycles. The molecule has 0 spiro atoms. The summed E-state index contributed by atoms with van der Waals surface area (Å²) in [5.41, 5.74) is 2.36. The third-order valence-electron chi connectivity index (χ3n) is 3.63. The van der Waals surface area contributed by atoms with Crippen LogP contribution in [0, 0.1) is 12.3 Å². The van der Waals surface area contributed by atoms with Gasteiger partial charge in [-0.15, -0.1) is 6.42 Å². The van der Waals surface area contributed by atoms with Crippen molar-refractivity contribution < 1.29 is 14.3 Å². The monoisotopic (exact) mass is 267 g/mol. The maximum Gasteiger partial charge on any atom is 0.341 e. The molecule has 0 radical (unpaired) electrons. The lowest BCUT2D eigenvalue weighted by Gasteiger charge is -2.17. The highest BCUT2D eigenvalue weighted by molar-refractivity contribution is 5.96. The van der Waals surface area contributed by atoms with Gasteiger partial charge in [-0.3, -0.25) is 4.79 Å². The average molecular weight is 267 g/mol. The SMILES string of the molecule is C#CC(=O)CCC1=C2CC(N1)c1ccccc1OC2=O. The first-order valence-electron chi connectivity index (χ1n) is 6.48. The molecule has 2 aliphatic rings. The topological polar surface area (TPSA) is 55.4 Å². The zero-order chi connectivity index (χ0) is 14.1. The summed E-state index contributed by atoms with van der Waals surface area (Å²) in [6, 6.07) is 7.52. The number of esters is 1. The molecule has 3 rings (SSSR count). The number of carbonyl (C=O) groups is 2. The Bertz CT molecular complexity index is 667. The quantitative estimate of drug-likeness (QED) is 0.393. The molecule has 1 unspecified atom stereocenters. The lowest BCUT2D eigenvalue weighted by molar-refractivity contribution is -0.130. The average Bonchev–Trinajstić information content (AvgIpc) is 2.83. The number of fused-ring (bicyclic) bond motifs is 4. The highest BCUT2D eigenvalue weighted by atomic mass is 16.5. The van der Waals surface area contributed by atoms with Crippen LogP contribution < -0.4 is 10.1 Å². The lowest BCUT2D eigenvalue weighted by Crippen LogP contribution is -2.19. The van der Waals surface area contributed by atoms with Crippen molar-refractivity contribution in [1.82, 2.24) is 5.32 Å². The Morgan fingerprint density at radius 3 is 3.05 bits per heavy atom. The van der Waals surface area contributed by atoms with Crippen LogP contribution in [-0.2, 0) is 9.59 Å². The molecule has 1 aromatic rings. The number of rotatable bonds is 3. The van der Waals surface area contributed by atoms with Gasteiger partial charge < -0.3 is 10.1 Å². The zero-order valence-corrected chi connectivity index (χ0v) is 10.8. The smallest absolute Gasteiger partial charge is 0.341 e. The highest BCUT2D eigenvalue weighted by Crippen LogP contribution is 2.39. The van der Waals surface area contributed by atoms with E-state index >= 15 is 0 Å². The number of allylic oxidation sites excluding steroid dienone is 1. The first-order valence-corrected chi connectivity index (χ1v) is 6.48. The van der Waals surface area contributed by atoms with E-state index in [1.807, 2.05) is 18.2 Å². The number of carbonyl (C=O) groups excluding carboxylic acids is 2. The Morgan fingerprint density at radius 2 is 2.25 bits per heavy atom. The van der Waals surface area contributed by atoms with Crippen molar-refractivity contribution in [2.75, 3.05) is 0 Å². The Hall–Kier alpha value is -2.54. The van der Waals surface area contributed by atoms with E-state index < -0.39 is 0 Å². The summed E-state index contributed by atoms with van der Waals surface area (Å²) in [7, 11) is 0. The Kier molecular flexibility index (Phi) is 3.03. The van der Waals surface area contributed by atoms with Crippen LogP contribution in [-0.4, -0.2) is 11.8 Å². The van der Waals surface area contributed by atoms with Gasteiger partial charge in [-0.25, -0.2) is 4.79 Å². The van der Waals surface area contributed by atoms with E-state index in [0.29, 0.717) is 24.2 Å². The van der Waals surface area contributed by atoms with E-state index in [2.05, 4.69) is 11.2 Å². The van der Waals surface area contributed by atoms with E-state index in [9.17, 15) is 9.59 Å². The molecule has 4 nitrogen and oxygen atoms in total. The molecule has 2 heterocycles. The zero-order valence-electron chi connectivity index (χ0n) is 10.8. The molecule has 4 heteroatoms. The Balaban J connectivity index is 1.87. The van der Waals surface area contributed by atoms with E-state index in [1.165, 1.54) is 0 Å². The van der Waals surface area contributed by atoms with Crippen LogP contribution in [0.3, 0.4) is 0 Å². The van der Waals surface area contributed by atoms with Crippen molar-refractivity contribution in [1.29, 1.82) is 0 Å². The summed E-state index contributed by atoms with van der Waals surface area (Å²) in [4.78, 5) is 23.3. The number of para-hydroxylation sites is 1. The third kappa shape index (κ3) is 2.08. The molecule has 1 atom stereocenters. The van der Waals surface area contributed by atoms with Crippen LogP contribution in [0.25, 0.3) is 0 Å². The van der Waals surface area contributed by atoms with Crippen LogP contribution in [0.4, 0.5) is 0 Å². The fourth-order valence-electron chi connectivity index (χ4n) is 2.63. The van der Waals surface area contributed by atoms with Gasteiger partial charge in [-0.05, 0) is 18.4 Å². The van der Waals surface area contributed by atoms with Crippen molar-refractivity contribution in [3.8, 4) is 18.1 Å². The predicted octanol–water partition coefficient (Wildman–Crippen LogP) is 1.88. The number of Topliss-reactive ketones (excluding diaryl/α,β-unsaturated/α-hetero) is 1. The predicted molar refractivity (Wildman–Crippen MR) is 72.7 cm³/mol. The second-order valence-corrected chi connectivity index (χ2v) is 4.85. The number of hydrogen-bond donors (Lipinski definition) is 1. The Morgan fingerprint density at radius 1 is 1.45 bits per heavy atom. The molecule has 0 saturated heterocycles. The van der Waals surface area contributed by atoms with Gasteiger partial charge >= 0.3 is 5.97 Å². The fourth-order valence-corrected chi connectivity index (χ4v) is 2.63. The minimum Gasteiger partial charge on any atom is -0.423 e. The molecule has 20 heavy (non-hydrogen) atoms. The van der Waals surface area contributed by atoms with Crippen LogP contribution in [0.1, 0.15) is 30.9 Å². The molecule has 0 aliphatic carbocycles. The van der Waals surface area contributed by atoms with Gasteiger partial charge in [-0.2, -0.15) is 0 Å². The summed E-state index contributed by atoms with van der Waals surface area (Å²) in [6.45, 7) is 0. The van der Waals surface area contributed by atoms with Crippen molar-refractivity contribution in [3.63, 3.8) is 0 Å². The van der Waals surface area contributed by atoms with Gasteiger partial charge in [0.1, 0.15) is 5.75 Å². The summed E-state index contributed by atoms with van der Waals surface area (Å²) in [5.74, 6) is 2.09. The minimum absolute atomic E-state index is 0.0311. The molecule has 2 bridgehead atoms. The summed E-state index contributed by atoms with van der Waals surface area (Å²) in [6.07, 6.45) is 6.33. The Labute approximate surface area is 116 Å². The van der Waals surface area contributed by atoms with Gasteiger partial charge in [0.2, 0.25) is 5.78 Å². The number of ether oxygens (including phenoxy) is 1. The van der Waals surface area contributed by atoms with E-state index in [1.54, 1.807) is 6.07 Å². The normalized spacial score (nSPS) is 19.6. The standard InChI is InChI=1S/C16H13NO3/c1-2-10(18)7-8-13-12-9-14(17-13)11-5-3-4-6-15(11)20-16(12)19/h1,3-6,14,17H,7-9H2. The fraction of sp³-hybridized carbons (Fsp3) is 0.250. The van der Waals surface area contributed by atoms with E-state index in [4.69, 9.17) is 11.2 Å². The van der Waals surface area contributed by atoms with Gasteiger partial charge in [0.05, 0.1) is 11.6 Å². The summed E-state index contributed by atoms with van der Waals surface area (Å²) < 4.78 is 5.39. The molecule has 1 aromatic carbocycles. The first kappa shape index (κ1) is 12.5. The highest BCUT2D eigenvalue weighted by Gasteiger charge is 2.34. The van der Waals surface area contributed by atoms with Crippen LogP contribution >= 0.6 is 0 Å². The number of ketones is 1. The molecule has 0 amide bonds. The first-order chi connectivity index (χ1) is 9.69. The van der Waals surface area contributed by atoms with Gasteiger partial charge in [0.15, 0.2) is 0 Å². The number of hydrogen-bond acceptors (Lipinski definition) is 4. The summed E-state index contributed by atoms with van der Waals surface area (Å²) >= 11 is 0. The van der Waals surface area contributed by atoms with Crippen LogP contribution in [0.5, 0.6) is 5.75 Å². The van der Waals surface area contributed by atoms with Crippen molar-refractivity contribution in [2.24, 2.45) is 0 Å².